The molecule has 2 saturated carbocycles. The number of aromatic carboxylic acids is 1. The SMILES string of the molecule is O=C(O)c1ccc(C2CC2)nc1Nc1ccc2c(ccn2CC2CC2)c1. The summed E-state index contributed by atoms with van der Waals surface area (Å²) < 4.78 is 2.31. The highest BCUT2D eigenvalue weighted by molar-refractivity contribution is 5.94. The maximum Gasteiger partial charge on any atom is 0.339 e. The molecule has 0 unspecified atom stereocenters. The standard InChI is InChI=1S/C21H21N3O2/c25-21(26)17-6-7-18(14-3-4-14)23-20(17)22-16-5-8-19-15(11-16)9-10-24(19)12-13-1-2-13/h5-11,13-14H,1-4,12H2,(H,22,23)(H,25,26). The van der Waals surface area contributed by atoms with E-state index < -0.39 is 5.97 Å². The molecule has 2 N–H and O–H groups in total. The quantitative estimate of drug-likeness (QED) is 0.674. The Morgan fingerprint density at radius 2 is 2.00 bits per heavy atom. The smallest absolute Gasteiger partial charge is 0.339 e. The molecule has 0 spiro atoms. The Balaban J connectivity index is 1.46. The lowest BCUT2D eigenvalue weighted by atomic mass is 10.1. The Morgan fingerprint density at radius 1 is 1.15 bits per heavy atom. The van der Waals surface area contributed by atoms with Crippen LogP contribution in [0.25, 0.3) is 10.9 Å². The third-order valence-corrected chi connectivity index (χ3v) is 5.33. The number of carboxylic acid groups (broad SMARTS) is 1. The average Bonchev–Trinajstić information content (AvgIpc) is 3.54. The minimum Gasteiger partial charge on any atom is -0.478 e. The van der Waals surface area contributed by atoms with Crippen LogP contribution in [0, 0.1) is 5.92 Å². The summed E-state index contributed by atoms with van der Waals surface area (Å²) in [6, 6.07) is 11.8. The lowest BCUT2D eigenvalue weighted by Crippen LogP contribution is -2.06. The van der Waals surface area contributed by atoms with Gasteiger partial charge in [-0.1, -0.05) is 0 Å². The maximum atomic E-state index is 11.5. The molecule has 0 saturated heterocycles. The fourth-order valence-corrected chi connectivity index (χ4v) is 3.50. The molecule has 2 aromatic heterocycles. The summed E-state index contributed by atoms with van der Waals surface area (Å²) in [7, 11) is 0. The van der Waals surface area contributed by atoms with Crippen LogP contribution < -0.4 is 5.32 Å². The molecule has 2 aliphatic rings. The van der Waals surface area contributed by atoms with Gasteiger partial charge in [0.2, 0.25) is 0 Å². The fourth-order valence-electron chi connectivity index (χ4n) is 3.50. The number of anilines is 2. The van der Waals surface area contributed by atoms with Crippen molar-refractivity contribution in [3.05, 3.63) is 53.9 Å². The average molecular weight is 347 g/mol. The van der Waals surface area contributed by atoms with Crippen LogP contribution in [0.3, 0.4) is 0 Å². The maximum absolute atomic E-state index is 11.5. The van der Waals surface area contributed by atoms with Crippen molar-refractivity contribution < 1.29 is 9.90 Å². The zero-order valence-electron chi connectivity index (χ0n) is 14.5. The van der Waals surface area contributed by atoms with Gasteiger partial charge in [-0.2, -0.15) is 0 Å². The lowest BCUT2D eigenvalue weighted by molar-refractivity contribution is 0.0697. The largest absolute Gasteiger partial charge is 0.478 e. The van der Waals surface area contributed by atoms with E-state index in [1.54, 1.807) is 6.07 Å². The van der Waals surface area contributed by atoms with Gasteiger partial charge in [0.15, 0.2) is 0 Å². The summed E-state index contributed by atoms with van der Waals surface area (Å²) in [5, 5.41) is 13.9. The van der Waals surface area contributed by atoms with Crippen molar-refractivity contribution >= 4 is 28.4 Å². The summed E-state index contributed by atoms with van der Waals surface area (Å²) in [5.41, 5.74) is 3.28. The first-order valence-electron chi connectivity index (χ1n) is 9.27. The Kier molecular flexibility index (Phi) is 3.48. The highest BCUT2D eigenvalue weighted by Gasteiger charge is 2.26. The molecular formula is C21H21N3O2. The fraction of sp³-hybridized carbons (Fsp3) is 0.333. The Hall–Kier alpha value is -2.82. The molecule has 2 aliphatic carbocycles. The number of hydrogen-bond acceptors (Lipinski definition) is 3. The van der Waals surface area contributed by atoms with E-state index in [9.17, 15) is 9.90 Å². The van der Waals surface area contributed by atoms with Crippen molar-refractivity contribution in [2.24, 2.45) is 5.92 Å². The van der Waals surface area contributed by atoms with Crippen LogP contribution in [0.15, 0.2) is 42.6 Å². The number of carbonyl (C=O) groups is 1. The topological polar surface area (TPSA) is 67.2 Å². The van der Waals surface area contributed by atoms with E-state index >= 15 is 0 Å². The summed E-state index contributed by atoms with van der Waals surface area (Å²) in [6.07, 6.45) is 7.08. The normalized spacial score (nSPS) is 16.8. The van der Waals surface area contributed by atoms with E-state index in [-0.39, 0.29) is 5.56 Å². The molecule has 2 fully saturated rings. The predicted octanol–water partition coefficient (Wildman–Crippen LogP) is 4.77. The number of benzene rings is 1. The molecule has 0 amide bonds. The van der Waals surface area contributed by atoms with E-state index in [0.717, 1.165) is 42.1 Å². The van der Waals surface area contributed by atoms with Crippen LogP contribution >= 0.6 is 0 Å². The lowest BCUT2D eigenvalue weighted by Gasteiger charge is -2.11. The number of nitrogens with one attached hydrogen (secondary N) is 1. The van der Waals surface area contributed by atoms with Gasteiger partial charge >= 0.3 is 5.97 Å². The van der Waals surface area contributed by atoms with Crippen LogP contribution in [0.2, 0.25) is 0 Å². The molecule has 5 rings (SSSR count). The minimum absolute atomic E-state index is 0.209. The van der Waals surface area contributed by atoms with Crippen LogP contribution in [-0.2, 0) is 6.54 Å². The zero-order chi connectivity index (χ0) is 17.7. The second-order valence-electron chi connectivity index (χ2n) is 7.52. The van der Waals surface area contributed by atoms with Gasteiger partial charge in [-0.25, -0.2) is 9.78 Å². The number of nitrogens with zero attached hydrogens (tertiary/aromatic N) is 2. The van der Waals surface area contributed by atoms with Crippen LogP contribution in [0.1, 0.15) is 47.7 Å². The predicted molar refractivity (Wildman–Crippen MR) is 101 cm³/mol. The first-order valence-corrected chi connectivity index (χ1v) is 9.27. The summed E-state index contributed by atoms with van der Waals surface area (Å²) >= 11 is 0. The molecule has 0 aliphatic heterocycles. The Morgan fingerprint density at radius 3 is 2.73 bits per heavy atom. The van der Waals surface area contributed by atoms with Crippen LogP contribution in [-0.4, -0.2) is 20.6 Å². The van der Waals surface area contributed by atoms with Crippen LogP contribution in [0.4, 0.5) is 11.5 Å². The number of pyridine rings is 1. The van der Waals surface area contributed by atoms with Gasteiger partial charge in [-0.05, 0) is 68.0 Å². The van der Waals surface area contributed by atoms with Crippen molar-refractivity contribution in [3.8, 4) is 0 Å². The Bertz CT molecular complexity index is 1000. The van der Waals surface area contributed by atoms with E-state index in [1.807, 2.05) is 12.1 Å². The molecule has 1 aromatic carbocycles. The van der Waals surface area contributed by atoms with E-state index in [4.69, 9.17) is 0 Å². The number of hydrogen-bond donors (Lipinski definition) is 2. The van der Waals surface area contributed by atoms with Crippen molar-refractivity contribution in [1.29, 1.82) is 0 Å². The Labute approximate surface area is 151 Å². The first-order chi connectivity index (χ1) is 12.7. The van der Waals surface area contributed by atoms with E-state index in [0.29, 0.717) is 11.7 Å². The van der Waals surface area contributed by atoms with Gasteiger partial charge in [-0.15, -0.1) is 0 Å². The molecule has 5 heteroatoms. The summed E-state index contributed by atoms with van der Waals surface area (Å²) in [6.45, 7) is 1.09. The molecule has 2 heterocycles. The second kappa shape index (κ2) is 5.87. The third-order valence-electron chi connectivity index (χ3n) is 5.33. The number of aromatic nitrogens is 2. The van der Waals surface area contributed by atoms with Crippen molar-refractivity contribution in [1.82, 2.24) is 9.55 Å². The molecule has 0 radical (unpaired) electrons. The monoisotopic (exact) mass is 347 g/mol. The number of fused-ring (bicyclic) bond motifs is 1. The van der Waals surface area contributed by atoms with Crippen molar-refractivity contribution in [3.63, 3.8) is 0 Å². The van der Waals surface area contributed by atoms with Gasteiger partial charge in [-0.3, -0.25) is 0 Å². The van der Waals surface area contributed by atoms with Gasteiger partial charge in [0.05, 0.1) is 0 Å². The first kappa shape index (κ1) is 15.4. The van der Waals surface area contributed by atoms with Gasteiger partial charge in [0.25, 0.3) is 0 Å². The highest BCUT2D eigenvalue weighted by Crippen LogP contribution is 2.40. The number of rotatable bonds is 6. The molecule has 0 atom stereocenters. The molecule has 132 valence electrons. The minimum atomic E-state index is -0.959. The third kappa shape index (κ3) is 2.94. The highest BCUT2D eigenvalue weighted by atomic mass is 16.4. The molecule has 26 heavy (non-hydrogen) atoms. The van der Waals surface area contributed by atoms with Crippen molar-refractivity contribution in [2.45, 2.75) is 38.1 Å². The molecule has 0 bridgehead atoms. The molecule has 5 nitrogen and oxygen atoms in total. The van der Waals surface area contributed by atoms with Crippen LogP contribution in [0.5, 0.6) is 0 Å². The van der Waals surface area contributed by atoms with Crippen molar-refractivity contribution in [2.75, 3.05) is 5.32 Å². The number of carboxylic acids is 1. The van der Waals surface area contributed by atoms with E-state index in [2.05, 4.69) is 39.3 Å². The summed E-state index contributed by atoms with van der Waals surface area (Å²) in [4.78, 5) is 16.1. The van der Waals surface area contributed by atoms with Gasteiger partial charge in [0.1, 0.15) is 11.4 Å². The van der Waals surface area contributed by atoms with Gasteiger partial charge in [0, 0.05) is 40.9 Å². The second-order valence-corrected chi connectivity index (χ2v) is 7.52. The summed E-state index contributed by atoms with van der Waals surface area (Å²) in [5.74, 6) is 0.783. The molecular weight excluding hydrogens is 326 g/mol. The zero-order valence-corrected chi connectivity index (χ0v) is 14.5. The molecule has 3 aromatic rings. The van der Waals surface area contributed by atoms with Gasteiger partial charge < -0.3 is 15.0 Å². The van der Waals surface area contributed by atoms with E-state index in [1.165, 1.54) is 18.4 Å².